The van der Waals surface area contributed by atoms with Crippen LogP contribution >= 0.6 is 0 Å². The Labute approximate surface area is 355 Å². The highest BCUT2D eigenvalue weighted by Crippen LogP contribution is 2.33. The van der Waals surface area contributed by atoms with Crippen molar-refractivity contribution in [2.45, 2.75) is 158 Å². The van der Waals surface area contributed by atoms with Crippen LogP contribution in [0.4, 0.5) is 0 Å². The fraction of sp³-hybridized carbons (Fsp3) is 0.732. The van der Waals surface area contributed by atoms with Gasteiger partial charge >= 0.3 is 0 Å². The molecule has 0 bridgehead atoms. The molecule has 0 radical (unpaired) electrons. The lowest BCUT2D eigenvalue weighted by Crippen LogP contribution is -2.71. The van der Waals surface area contributed by atoms with Gasteiger partial charge in [-0.15, -0.1) is 0 Å². The number of amides is 3. The van der Waals surface area contributed by atoms with Crippen molar-refractivity contribution < 1.29 is 83.3 Å². The van der Waals surface area contributed by atoms with Gasteiger partial charge in [0.25, 0.3) is 5.91 Å². The van der Waals surface area contributed by atoms with Gasteiger partial charge in [-0.1, -0.05) is 44.4 Å². The van der Waals surface area contributed by atoms with Gasteiger partial charge in [-0.2, -0.15) is 0 Å². The van der Waals surface area contributed by atoms with Crippen molar-refractivity contribution in [2.24, 2.45) is 0 Å². The zero-order valence-corrected chi connectivity index (χ0v) is 35.1. The number of carbonyl (C=O) groups excluding carboxylic acids is 3. The fourth-order valence-corrected chi connectivity index (χ4v) is 7.50. The van der Waals surface area contributed by atoms with Gasteiger partial charge in [0.2, 0.25) is 11.8 Å². The number of rotatable bonds is 22. The van der Waals surface area contributed by atoms with Gasteiger partial charge in [0.1, 0.15) is 78.8 Å². The standard InChI is InChI=1S/C41H65N3O17/c1-5-6-7-8-9-10-11-12-13-17-56-25-16-14-15-24(18-25)38(54)44-29-33(51)32(50)26(19-45)57-40(29)60-37-28(21-47)59-41(31(35(37)53)43-23(3)49)61-36-27(20-46)58-39(55-4)30(34(36)52)42-22(2)48/h10-11,14-16,18,26-37,39-41,45-47,50-53H,5-9,12-13,17,19-21H2,1-4H3,(H,42,48)(H,43,49)(H,44,54)/t26?,27?,28-,29?,30-,31?,32+,33+,34+,35?,36?,37+,39+,40-,41?/m0/s1. The third-order valence-corrected chi connectivity index (χ3v) is 10.7. The van der Waals surface area contributed by atoms with E-state index < -0.39 is 129 Å². The molecule has 1 aromatic carbocycles. The summed E-state index contributed by atoms with van der Waals surface area (Å²) in [7, 11) is 1.26. The van der Waals surface area contributed by atoms with E-state index in [9.17, 15) is 50.1 Å². The lowest BCUT2D eigenvalue weighted by molar-refractivity contribution is -0.352. The summed E-state index contributed by atoms with van der Waals surface area (Å²) in [6, 6.07) is 2.06. The molecule has 0 aromatic heterocycles. The molecule has 3 saturated heterocycles. The second kappa shape index (κ2) is 25.1. The minimum atomic E-state index is -1.81. The first-order chi connectivity index (χ1) is 29.3. The van der Waals surface area contributed by atoms with Gasteiger partial charge in [0.15, 0.2) is 18.9 Å². The average Bonchev–Trinajstić information content (AvgIpc) is 3.24. The SMILES string of the molecule is CCCCCCC=CCCCOc1cccc(C(=O)NC2[C@H](O[C@H]3C(O)C(NC(C)=O)C(OC4C(CO)O[C@@H](OC)[C@@H](NC(C)=O)[C@H]4O)O[C@H]3CO)OC(CO)[C@@H](O)[C@@H]2O)c1. The molecular weight excluding hydrogens is 806 g/mol. The number of hydrogen-bond acceptors (Lipinski definition) is 17. The van der Waals surface area contributed by atoms with E-state index in [1.807, 2.05) is 0 Å². The second-order valence-electron chi connectivity index (χ2n) is 15.4. The molecule has 20 heteroatoms. The first-order valence-electron chi connectivity index (χ1n) is 20.9. The molecule has 15 atom stereocenters. The van der Waals surface area contributed by atoms with Gasteiger partial charge in [-0.25, -0.2) is 0 Å². The number of allylic oxidation sites excluding steroid dienone is 2. The minimum absolute atomic E-state index is 0.127. The third kappa shape index (κ3) is 13.8. The van der Waals surface area contributed by atoms with Crippen LogP contribution < -0.4 is 20.7 Å². The number of ether oxygens (including phenoxy) is 7. The van der Waals surface area contributed by atoms with E-state index in [0.717, 1.165) is 26.2 Å². The number of benzene rings is 1. The van der Waals surface area contributed by atoms with Gasteiger partial charge in [0, 0.05) is 26.5 Å². The van der Waals surface area contributed by atoms with Gasteiger partial charge in [0.05, 0.1) is 26.4 Å². The summed E-state index contributed by atoms with van der Waals surface area (Å²) in [5.41, 5.74) is 0.127. The highest BCUT2D eigenvalue weighted by molar-refractivity contribution is 5.94. The summed E-state index contributed by atoms with van der Waals surface area (Å²) in [5, 5.41) is 83.4. The van der Waals surface area contributed by atoms with E-state index in [4.69, 9.17) is 33.2 Å². The maximum absolute atomic E-state index is 13.7. The number of methoxy groups -OCH3 is 1. The van der Waals surface area contributed by atoms with E-state index >= 15 is 0 Å². The van der Waals surface area contributed by atoms with Crippen LogP contribution in [0.15, 0.2) is 36.4 Å². The molecule has 0 spiro atoms. The van der Waals surface area contributed by atoms with Crippen molar-refractivity contribution in [2.75, 3.05) is 33.5 Å². The van der Waals surface area contributed by atoms with E-state index in [0.29, 0.717) is 12.4 Å². The molecule has 4 rings (SSSR count). The Hall–Kier alpha value is -3.35. The van der Waals surface area contributed by atoms with E-state index in [1.165, 1.54) is 51.8 Å². The molecule has 3 heterocycles. The van der Waals surface area contributed by atoms with E-state index in [-0.39, 0.29) is 5.56 Å². The third-order valence-electron chi connectivity index (χ3n) is 10.7. The van der Waals surface area contributed by atoms with Crippen molar-refractivity contribution in [3.05, 3.63) is 42.0 Å². The zero-order chi connectivity index (χ0) is 44.6. The van der Waals surface area contributed by atoms with Crippen molar-refractivity contribution >= 4 is 17.7 Å². The average molecular weight is 872 g/mol. The van der Waals surface area contributed by atoms with Crippen LogP contribution in [0, 0.1) is 0 Å². The molecule has 10 N–H and O–H groups in total. The lowest BCUT2D eigenvalue weighted by Gasteiger charge is -2.50. The molecule has 3 amide bonds. The molecular formula is C41H65N3O17. The summed E-state index contributed by atoms with van der Waals surface area (Å²) in [6.07, 6.45) is -6.93. The quantitative estimate of drug-likeness (QED) is 0.0468. The molecule has 1 aromatic rings. The Bertz CT molecular complexity index is 1540. The molecule has 346 valence electrons. The Morgan fingerprint density at radius 3 is 1.74 bits per heavy atom. The van der Waals surface area contributed by atoms with Crippen molar-refractivity contribution in [1.82, 2.24) is 16.0 Å². The van der Waals surface area contributed by atoms with Crippen LogP contribution in [0.1, 0.15) is 76.1 Å². The maximum Gasteiger partial charge on any atom is 0.251 e. The largest absolute Gasteiger partial charge is 0.494 e. The highest BCUT2D eigenvalue weighted by atomic mass is 16.7. The normalized spacial score (nSPS) is 34.2. The lowest BCUT2D eigenvalue weighted by atomic mass is 9.93. The molecule has 3 aliphatic rings. The summed E-state index contributed by atoms with van der Waals surface area (Å²) >= 11 is 0. The molecule has 0 aliphatic carbocycles. The molecule has 3 fully saturated rings. The first kappa shape index (κ1) is 50.3. The fourth-order valence-electron chi connectivity index (χ4n) is 7.50. The number of aliphatic hydroxyl groups excluding tert-OH is 7. The Morgan fingerprint density at radius 1 is 0.672 bits per heavy atom. The molecule has 20 nitrogen and oxygen atoms in total. The predicted molar refractivity (Wildman–Crippen MR) is 214 cm³/mol. The van der Waals surface area contributed by atoms with Crippen LogP contribution in [0.25, 0.3) is 0 Å². The van der Waals surface area contributed by atoms with Crippen molar-refractivity contribution in [3.63, 3.8) is 0 Å². The Balaban J connectivity index is 1.49. The Morgan fingerprint density at radius 2 is 1.20 bits per heavy atom. The molecule has 61 heavy (non-hydrogen) atoms. The maximum atomic E-state index is 13.7. The smallest absolute Gasteiger partial charge is 0.251 e. The van der Waals surface area contributed by atoms with Crippen LogP contribution in [-0.2, 0) is 38.0 Å². The number of nitrogens with one attached hydrogen (secondary N) is 3. The first-order valence-corrected chi connectivity index (χ1v) is 20.9. The zero-order valence-electron chi connectivity index (χ0n) is 35.1. The predicted octanol–water partition coefficient (Wildman–Crippen LogP) is -1.51. The molecule has 3 aliphatic heterocycles. The topological polar surface area (TPSA) is 294 Å². The number of unbranched alkanes of at least 4 members (excludes halogenated alkanes) is 5. The van der Waals surface area contributed by atoms with Crippen LogP contribution in [0.3, 0.4) is 0 Å². The van der Waals surface area contributed by atoms with Gasteiger partial charge < -0.3 is 84.9 Å². The number of hydrogen-bond donors (Lipinski definition) is 10. The summed E-state index contributed by atoms with van der Waals surface area (Å²) in [5.74, 6) is -1.53. The van der Waals surface area contributed by atoms with Crippen LogP contribution in [0.2, 0.25) is 0 Å². The van der Waals surface area contributed by atoms with E-state index in [2.05, 4.69) is 35.0 Å². The monoisotopic (exact) mass is 871 g/mol. The number of aliphatic hydroxyl groups is 7. The molecule has 0 saturated carbocycles. The minimum Gasteiger partial charge on any atom is -0.494 e. The van der Waals surface area contributed by atoms with Gasteiger partial charge in [-0.05, 0) is 43.9 Å². The highest BCUT2D eigenvalue weighted by Gasteiger charge is 2.54. The van der Waals surface area contributed by atoms with E-state index in [1.54, 1.807) is 12.1 Å². The number of carbonyl (C=O) groups is 3. The Kier molecular flexibility index (Phi) is 20.7. The second-order valence-corrected chi connectivity index (χ2v) is 15.4. The van der Waals surface area contributed by atoms with Crippen molar-refractivity contribution in [3.8, 4) is 5.75 Å². The summed E-state index contributed by atoms with van der Waals surface area (Å²) in [4.78, 5) is 38.1. The molecule has 7 unspecified atom stereocenters. The van der Waals surface area contributed by atoms with Crippen LogP contribution in [-0.4, -0.2) is 179 Å². The van der Waals surface area contributed by atoms with Crippen molar-refractivity contribution in [1.29, 1.82) is 0 Å². The summed E-state index contributed by atoms with van der Waals surface area (Å²) < 4.78 is 40.8. The van der Waals surface area contributed by atoms with Crippen LogP contribution in [0.5, 0.6) is 5.75 Å². The van der Waals surface area contributed by atoms with Gasteiger partial charge in [-0.3, -0.25) is 14.4 Å². The summed E-state index contributed by atoms with van der Waals surface area (Å²) in [6.45, 7) is 2.58.